The van der Waals surface area contributed by atoms with Crippen molar-refractivity contribution in [2.75, 3.05) is 11.4 Å². The van der Waals surface area contributed by atoms with Crippen LogP contribution < -0.4 is 4.90 Å². The normalized spacial score (nSPS) is 21.2. The lowest BCUT2D eigenvalue weighted by atomic mass is 10.0. The fourth-order valence-electron chi connectivity index (χ4n) is 3.29. The second-order valence-corrected chi connectivity index (χ2v) is 5.84. The third-order valence-electron chi connectivity index (χ3n) is 4.36. The van der Waals surface area contributed by atoms with Gasteiger partial charge < -0.3 is 4.90 Å². The van der Waals surface area contributed by atoms with Gasteiger partial charge in [-0.15, -0.1) is 0 Å². The van der Waals surface area contributed by atoms with Gasteiger partial charge in [-0.05, 0) is 37.8 Å². The predicted octanol–water partition coefficient (Wildman–Crippen LogP) is 2.35. The molecule has 1 fully saturated rings. The minimum Gasteiger partial charge on any atom is -0.327 e. The van der Waals surface area contributed by atoms with Crippen LogP contribution in [0.5, 0.6) is 0 Å². The van der Waals surface area contributed by atoms with Crippen LogP contribution >= 0.6 is 0 Å². The number of hydrogen-bond donors (Lipinski definition) is 0. The van der Waals surface area contributed by atoms with Gasteiger partial charge in [0.1, 0.15) is 6.04 Å². The van der Waals surface area contributed by atoms with Crippen LogP contribution in [0, 0.1) is 0 Å². The maximum Gasteiger partial charge on any atom is 0.256 e. The predicted molar refractivity (Wildman–Crippen MR) is 82.5 cm³/mol. The van der Waals surface area contributed by atoms with E-state index in [0.29, 0.717) is 37.1 Å². The number of anilines is 1. The second-order valence-electron chi connectivity index (χ2n) is 5.84. The molecule has 1 aromatic rings. The summed E-state index contributed by atoms with van der Waals surface area (Å²) in [6.07, 6.45) is 3.43. The minimum absolute atomic E-state index is 0.138. The largest absolute Gasteiger partial charge is 0.327 e. The van der Waals surface area contributed by atoms with Gasteiger partial charge in [-0.3, -0.25) is 14.4 Å². The molecular weight excluding hydrogens is 280 g/mol. The molecule has 0 aromatic heterocycles. The SMILES string of the molecule is CCCC(=O)N1C(=O)[C@@H]2CCCCN2C(=O)c2ccccc21. The molecule has 0 aliphatic carbocycles. The number of imide groups is 1. The van der Waals surface area contributed by atoms with E-state index in [-0.39, 0.29) is 17.7 Å². The molecule has 0 radical (unpaired) electrons. The van der Waals surface area contributed by atoms with Crippen LogP contribution in [0.1, 0.15) is 49.4 Å². The fourth-order valence-corrected chi connectivity index (χ4v) is 3.29. The number of rotatable bonds is 2. The summed E-state index contributed by atoms with van der Waals surface area (Å²) in [4.78, 5) is 41.1. The van der Waals surface area contributed by atoms with Crippen LogP contribution in [0.2, 0.25) is 0 Å². The zero-order chi connectivity index (χ0) is 15.7. The van der Waals surface area contributed by atoms with Crippen LogP contribution in [0.15, 0.2) is 24.3 Å². The standard InChI is InChI=1S/C17H20N2O3/c1-2-7-15(20)19-13-9-4-3-8-12(13)16(21)18-11-6-5-10-14(18)17(19)22/h3-4,8-9,14H,2,5-7,10-11H2,1H3/t14-/m0/s1. The molecule has 22 heavy (non-hydrogen) atoms. The molecule has 0 bridgehead atoms. The summed E-state index contributed by atoms with van der Waals surface area (Å²) in [5.74, 6) is -0.614. The van der Waals surface area contributed by atoms with Gasteiger partial charge in [-0.1, -0.05) is 19.1 Å². The molecule has 1 atom stereocenters. The van der Waals surface area contributed by atoms with E-state index in [0.717, 1.165) is 12.8 Å². The molecule has 1 saturated heterocycles. The van der Waals surface area contributed by atoms with Gasteiger partial charge in [0.15, 0.2) is 0 Å². The molecule has 1 aromatic carbocycles. The number of hydrogen-bond acceptors (Lipinski definition) is 3. The van der Waals surface area contributed by atoms with Gasteiger partial charge in [-0.2, -0.15) is 0 Å². The Balaban J connectivity index is 2.12. The molecular formula is C17H20N2O3. The molecule has 0 unspecified atom stereocenters. The number of piperidine rings is 1. The van der Waals surface area contributed by atoms with Crippen molar-refractivity contribution in [3.63, 3.8) is 0 Å². The number of para-hydroxylation sites is 1. The molecule has 5 heteroatoms. The lowest BCUT2D eigenvalue weighted by Crippen LogP contribution is -2.52. The van der Waals surface area contributed by atoms with E-state index in [1.54, 1.807) is 29.2 Å². The Morgan fingerprint density at radius 2 is 2.00 bits per heavy atom. The van der Waals surface area contributed by atoms with Gasteiger partial charge >= 0.3 is 0 Å². The van der Waals surface area contributed by atoms with Crippen molar-refractivity contribution < 1.29 is 14.4 Å². The molecule has 0 saturated carbocycles. The topological polar surface area (TPSA) is 57.7 Å². The first-order valence-electron chi connectivity index (χ1n) is 7.92. The monoisotopic (exact) mass is 300 g/mol. The van der Waals surface area contributed by atoms with Crippen molar-refractivity contribution in [2.24, 2.45) is 0 Å². The highest BCUT2D eigenvalue weighted by atomic mass is 16.2. The van der Waals surface area contributed by atoms with E-state index >= 15 is 0 Å². The number of carbonyl (C=O) groups is 3. The number of carbonyl (C=O) groups excluding carboxylic acids is 3. The molecule has 5 nitrogen and oxygen atoms in total. The zero-order valence-corrected chi connectivity index (χ0v) is 12.7. The van der Waals surface area contributed by atoms with Crippen LogP contribution in [-0.2, 0) is 9.59 Å². The average Bonchev–Trinajstić information content (AvgIpc) is 2.63. The lowest BCUT2D eigenvalue weighted by Gasteiger charge is -2.34. The molecule has 2 heterocycles. The van der Waals surface area contributed by atoms with Crippen molar-refractivity contribution in [2.45, 2.75) is 45.1 Å². The zero-order valence-electron chi connectivity index (χ0n) is 12.7. The number of fused-ring (bicyclic) bond motifs is 2. The summed E-state index contributed by atoms with van der Waals surface area (Å²) in [7, 11) is 0. The molecule has 3 rings (SSSR count). The summed E-state index contributed by atoms with van der Waals surface area (Å²) in [5, 5.41) is 0. The lowest BCUT2D eigenvalue weighted by molar-refractivity contribution is -0.129. The van der Waals surface area contributed by atoms with E-state index in [4.69, 9.17) is 0 Å². The van der Waals surface area contributed by atoms with E-state index in [1.807, 2.05) is 6.92 Å². The first-order chi connectivity index (χ1) is 10.6. The fraction of sp³-hybridized carbons (Fsp3) is 0.471. The molecule has 2 aliphatic heterocycles. The Morgan fingerprint density at radius 3 is 2.77 bits per heavy atom. The Morgan fingerprint density at radius 1 is 1.23 bits per heavy atom. The average molecular weight is 300 g/mol. The second kappa shape index (κ2) is 5.91. The molecule has 3 amide bonds. The third kappa shape index (κ3) is 2.30. The minimum atomic E-state index is -0.505. The van der Waals surface area contributed by atoms with Crippen LogP contribution in [0.3, 0.4) is 0 Å². The summed E-state index contributed by atoms with van der Waals surface area (Å²) < 4.78 is 0. The quantitative estimate of drug-likeness (QED) is 0.842. The maximum atomic E-state index is 12.9. The molecule has 2 aliphatic rings. The van der Waals surface area contributed by atoms with Crippen LogP contribution in [-0.4, -0.2) is 35.2 Å². The van der Waals surface area contributed by atoms with Crippen molar-refractivity contribution in [3.8, 4) is 0 Å². The van der Waals surface area contributed by atoms with Gasteiger partial charge in [0.05, 0.1) is 11.3 Å². The highest BCUT2D eigenvalue weighted by Gasteiger charge is 2.42. The van der Waals surface area contributed by atoms with Gasteiger partial charge in [0.2, 0.25) is 5.91 Å². The Kier molecular flexibility index (Phi) is 3.96. The van der Waals surface area contributed by atoms with E-state index in [2.05, 4.69) is 0 Å². The summed E-state index contributed by atoms with van der Waals surface area (Å²) in [6, 6.07) is 6.42. The van der Waals surface area contributed by atoms with Crippen LogP contribution in [0.4, 0.5) is 5.69 Å². The van der Waals surface area contributed by atoms with Crippen molar-refractivity contribution >= 4 is 23.4 Å². The van der Waals surface area contributed by atoms with Crippen LogP contribution in [0.25, 0.3) is 0 Å². The summed E-state index contributed by atoms with van der Waals surface area (Å²) in [5.41, 5.74) is 0.884. The third-order valence-corrected chi connectivity index (χ3v) is 4.36. The highest BCUT2D eigenvalue weighted by molar-refractivity contribution is 6.22. The van der Waals surface area contributed by atoms with E-state index in [9.17, 15) is 14.4 Å². The van der Waals surface area contributed by atoms with Crippen molar-refractivity contribution in [3.05, 3.63) is 29.8 Å². The number of nitrogens with zero attached hydrogens (tertiary/aromatic N) is 2. The summed E-state index contributed by atoms with van der Waals surface area (Å²) in [6.45, 7) is 2.49. The Labute approximate surface area is 129 Å². The van der Waals surface area contributed by atoms with Gasteiger partial charge in [-0.25, -0.2) is 4.90 Å². The van der Waals surface area contributed by atoms with E-state index < -0.39 is 6.04 Å². The van der Waals surface area contributed by atoms with E-state index in [1.165, 1.54) is 4.90 Å². The van der Waals surface area contributed by atoms with Crippen molar-refractivity contribution in [1.29, 1.82) is 0 Å². The first-order valence-corrected chi connectivity index (χ1v) is 7.92. The maximum absolute atomic E-state index is 12.9. The number of benzene rings is 1. The number of amides is 3. The van der Waals surface area contributed by atoms with Gasteiger partial charge in [0, 0.05) is 13.0 Å². The molecule has 0 spiro atoms. The van der Waals surface area contributed by atoms with Crippen molar-refractivity contribution in [1.82, 2.24) is 4.90 Å². The Hall–Kier alpha value is -2.17. The summed E-state index contributed by atoms with van der Waals surface area (Å²) >= 11 is 0. The first kappa shape index (κ1) is 14.8. The highest BCUT2D eigenvalue weighted by Crippen LogP contribution is 2.32. The van der Waals surface area contributed by atoms with Gasteiger partial charge in [0.25, 0.3) is 11.8 Å². The smallest absolute Gasteiger partial charge is 0.256 e. The Bertz CT molecular complexity index is 626. The molecule has 116 valence electrons. The molecule has 0 N–H and O–H groups in total.